The number of nitrogens with one attached hydrogen (secondary N) is 1. The SMILES string of the molecule is CCc1ccc(O[C@@H]2CC[C@@H](O)[C@H](O)C2O)c(NC(C)(C)C)c1.O=C=O.[W].[Y]. The number of aliphatic hydroxyl groups is 3. The molecular formula is C19H29NO6WY. The van der Waals surface area contributed by atoms with Crippen LogP contribution >= 0.6 is 0 Å². The van der Waals surface area contributed by atoms with Crippen LogP contribution < -0.4 is 10.1 Å². The van der Waals surface area contributed by atoms with Gasteiger partial charge >= 0.3 is 6.15 Å². The Labute approximate surface area is 205 Å². The molecule has 0 spiro atoms. The number of ether oxygens (including phenoxy) is 1. The van der Waals surface area contributed by atoms with Crippen LogP contribution in [0.25, 0.3) is 0 Å². The van der Waals surface area contributed by atoms with Crippen LogP contribution in [-0.2, 0) is 69.8 Å². The van der Waals surface area contributed by atoms with Gasteiger partial charge in [0.15, 0.2) is 0 Å². The van der Waals surface area contributed by atoms with E-state index in [1.54, 1.807) is 0 Å². The zero-order chi connectivity index (χ0) is 19.9. The molecule has 1 saturated carbocycles. The quantitative estimate of drug-likeness (QED) is 0.395. The van der Waals surface area contributed by atoms with E-state index in [-0.39, 0.29) is 65.5 Å². The second kappa shape index (κ2) is 14.0. The average molecular weight is 640 g/mol. The van der Waals surface area contributed by atoms with Crippen LogP contribution in [0.4, 0.5) is 5.69 Å². The molecule has 0 bridgehead atoms. The molecule has 0 amide bonds. The van der Waals surface area contributed by atoms with Crippen molar-refractivity contribution in [2.24, 2.45) is 0 Å². The van der Waals surface area contributed by atoms with Crippen LogP contribution in [0.2, 0.25) is 0 Å². The van der Waals surface area contributed by atoms with E-state index < -0.39 is 24.4 Å². The Bertz CT molecular complexity index is 619. The summed E-state index contributed by atoms with van der Waals surface area (Å²) in [6.07, 6.45) is -1.58. The molecule has 4 N–H and O–H groups in total. The van der Waals surface area contributed by atoms with Gasteiger partial charge in [0.2, 0.25) is 0 Å². The van der Waals surface area contributed by atoms with Gasteiger partial charge in [-0.25, -0.2) is 0 Å². The van der Waals surface area contributed by atoms with E-state index in [4.69, 9.17) is 14.3 Å². The van der Waals surface area contributed by atoms with Gasteiger partial charge in [0.25, 0.3) is 0 Å². The first kappa shape index (κ1) is 30.1. The zero-order valence-electron chi connectivity index (χ0n) is 16.7. The van der Waals surface area contributed by atoms with E-state index >= 15 is 0 Å². The van der Waals surface area contributed by atoms with Gasteiger partial charge in [0, 0.05) is 59.3 Å². The van der Waals surface area contributed by atoms with Crippen molar-refractivity contribution >= 4 is 11.8 Å². The molecule has 1 aromatic rings. The molecule has 0 aromatic heterocycles. The Morgan fingerprint density at radius 2 is 1.71 bits per heavy atom. The predicted octanol–water partition coefficient (Wildman–Crippen LogP) is 1.49. The van der Waals surface area contributed by atoms with E-state index in [2.05, 4.69) is 39.1 Å². The summed E-state index contributed by atoms with van der Waals surface area (Å²) in [5.74, 6) is 0.657. The molecule has 155 valence electrons. The van der Waals surface area contributed by atoms with Crippen LogP contribution in [0.3, 0.4) is 0 Å². The standard InChI is InChI=1S/C18H29NO4.CO2.W.Y/c1-5-11-6-8-14(12(10-11)19-18(2,3)4)23-15-9-7-13(20)16(21)17(15)22;2-1-3;;/h6,8,10,13,15-17,19-22H,5,7,9H2,1-4H3;;;/t13-,15-,16+,17?;;;/m1.../s1. The normalized spacial score (nSPS) is 23.7. The van der Waals surface area contributed by atoms with Crippen molar-refractivity contribution in [3.63, 3.8) is 0 Å². The monoisotopic (exact) mass is 640 g/mol. The molecule has 1 aliphatic rings. The maximum atomic E-state index is 10.1. The van der Waals surface area contributed by atoms with E-state index in [0.29, 0.717) is 18.6 Å². The molecule has 1 aromatic carbocycles. The van der Waals surface area contributed by atoms with Crippen LogP contribution in [0.5, 0.6) is 5.75 Å². The number of aryl methyl sites for hydroxylation is 1. The smallest absolute Gasteiger partial charge is 0.373 e. The van der Waals surface area contributed by atoms with Crippen molar-refractivity contribution in [1.82, 2.24) is 0 Å². The summed E-state index contributed by atoms with van der Waals surface area (Å²) >= 11 is 0. The maximum Gasteiger partial charge on any atom is 0.373 e. The second-order valence-corrected chi connectivity index (χ2v) is 7.42. The summed E-state index contributed by atoms with van der Waals surface area (Å²) in [5.41, 5.74) is 1.96. The molecule has 4 atom stereocenters. The topological polar surface area (TPSA) is 116 Å². The van der Waals surface area contributed by atoms with Crippen molar-refractivity contribution < 1.29 is 83.4 Å². The first-order chi connectivity index (χ1) is 12.1. The van der Waals surface area contributed by atoms with Crippen molar-refractivity contribution in [3.05, 3.63) is 23.8 Å². The molecule has 0 heterocycles. The third kappa shape index (κ3) is 9.58. The predicted molar refractivity (Wildman–Crippen MR) is 95.9 cm³/mol. The summed E-state index contributed by atoms with van der Waals surface area (Å²) in [6, 6.07) is 5.96. The zero-order valence-corrected chi connectivity index (χ0v) is 22.5. The molecule has 2 rings (SSSR count). The maximum absolute atomic E-state index is 10.1. The van der Waals surface area contributed by atoms with Gasteiger partial charge in [0.1, 0.15) is 24.1 Å². The fourth-order valence-corrected chi connectivity index (χ4v) is 2.82. The Morgan fingerprint density at radius 3 is 2.21 bits per heavy atom. The number of aliphatic hydroxyl groups excluding tert-OH is 3. The fraction of sp³-hybridized carbons (Fsp3) is 0.632. The van der Waals surface area contributed by atoms with Crippen molar-refractivity contribution in [1.29, 1.82) is 0 Å². The second-order valence-electron chi connectivity index (χ2n) is 7.42. The minimum absolute atomic E-state index is 0. The number of hydrogen-bond donors (Lipinski definition) is 4. The van der Waals surface area contributed by atoms with E-state index in [0.717, 1.165) is 12.1 Å². The van der Waals surface area contributed by atoms with Crippen LogP contribution in [0.1, 0.15) is 46.1 Å². The summed E-state index contributed by atoms with van der Waals surface area (Å²) in [4.78, 5) is 16.2. The van der Waals surface area contributed by atoms with Gasteiger partial charge in [-0.05, 0) is 57.7 Å². The van der Waals surface area contributed by atoms with Gasteiger partial charge < -0.3 is 25.4 Å². The van der Waals surface area contributed by atoms with Crippen LogP contribution in [0, 0.1) is 0 Å². The molecular weight excluding hydrogens is 611 g/mol. The van der Waals surface area contributed by atoms with Crippen molar-refractivity contribution in [2.75, 3.05) is 5.32 Å². The van der Waals surface area contributed by atoms with Gasteiger partial charge in [0.05, 0.1) is 11.8 Å². The minimum Gasteiger partial charge on any atom is -0.485 e. The summed E-state index contributed by atoms with van der Waals surface area (Å²) < 4.78 is 5.98. The Balaban J connectivity index is 0. The molecule has 1 radical (unpaired) electrons. The van der Waals surface area contributed by atoms with Gasteiger partial charge in [-0.15, -0.1) is 0 Å². The van der Waals surface area contributed by atoms with E-state index in [1.807, 2.05) is 12.1 Å². The summed E-state index contributed by atoms with van der Waals surface area (Å²) in [7, 11) is 0. The van der Waals surface area contributed by atoms with Crippen LogP contribution in [0.15, 0.2) is 18.2 Å². The Kier molecular flexibility index (Phi) is 15.0. The van der Waals surface area contributed by atoms with Gasteiger partial charge in [-0.2, -0.15) is 9.59 Å². The molecule has 9 heteroatoms. The average Bonchev–Trinajstić information content (AvgIpc) is 2.56. The minimum atomic E-state index is -1.16. The molecule has 0 aliphatic heterocycles. The molecule has 0 saturated heterocycles. The molecule has 7 nitrogen and oxygen atoms in total. The number of hydrogen-bond acceptors (Lipinski definition) is 7. The summed E-state index contributed by atoms with van der Waals surface area (Å²) in [6.45, 7) is 8.32. The van der Waals surface area contributed by atoms with E-state index in [1.165, 1.54) is 5.56 Å². The number of carbonyl (C=O) groups excluding carboxylic acids is 2. The third-order valence-electron chi connectivity index (χ3n) is 4.11. The van der Waals surface area contributed by atoms with E-state index in [9.17, 15) is 15.3 Å². The largest absolute Gasteiger partial charge is 0.485 e. The number of rotatable bonds is 4. The summed E-state index contributed by atoms with van der Waals surface area (Å²) in [5, 5.41) is 33.0. The van der Waals surface area contributed by atoms with Gasteiger partial charge in [-0.3, -0.25) is 0 Å². The number of benzene rings is 1. The first-order valence-electron chi connectivity index (χ1n) is 8.74. The molecule has 28 heavy (non-hydrogen) atoms. The van der Waals surface area contributed by atoms with Crippen LogP contribution in [-0.4, -0.2) is 51.4 Å². The molecule has 1 aliphatic carbocycles. The first-order valence-corrected chi connectivity index (χ1v) is 8.74. The van der Waals surface area contributed by atoms with Crippen molar-refractivity contribution in [2.45, 2.75) is 76.9 Å². The van der Waals surface area contributed by atoms with Crippen molar-refractivity contribution in [3.8, 4) is 5.75 Å². The molecule has 1 fully saturated rings. The Hall–Kier alpha value is -0.128. The molecule has 1 unspecified atom stereocenters. The fourth-order valence-electron chi connectivity index (χ4n) is 2.82. The number of anilines is 1. The Morgan fingerprint density at radius 1 is 1.14 bits per heavy atom. The third-order valence-corrected chi connectivity index (χ3v) is 4.11. The van der Waals surface area contributed by atoms with Gasteiger partial charge in [-0.1, -0.05) is 13.0 Å².